The number of nitrogens with zero attached hydrogens (tertiary/aromatic N) is 2. The minimum atomic E-state index is -1.17. The van der Waals surface area contributed by atoms with Crippen molar-refractivity contribution in [2.24, 2.45) is 5.92 Å². The summed E-state index contributed by atoms with van der Waals surface area (Å²) in [5, 5.41) is 5.61. The summed E-state index contributed by atoms with van der Waals surface area (Å²) in [4.78, 5) is 16.2. The fourth-order valence-corrected chi connectivity index (χ4v) is 3.25. The number of hydrogen-bond donors (Lipinski definition) is 2. The minimum absolute atomic E-state index is 0.00573. The highest BCUT2D eigenvalue weighted by molar-refractivity contribution is 5.77. The van der Waals surface area contributed by atoms with Gasteiger partial charge in [-0.1, -0.05) is 13.8 Å². The molecule has 0 aromatic carbocycles. The smallest absolute Gasteiger partial charge is 0.222 e. The Morgan fingerprint density at radius 3 is 1.71 bits per heavy atom. The van der Waals surface area contributed by atoms with Crippen molar-refractivity contribution in [3.05, 3.63) is 0 Å². The Balaban J connectivity index is 1.84. The lowest BCUT2D eigenvalue weighted by atomic mass is 10.2. The molecule has 1 fully saturated rings. The van der Waals surface area contributed by atoms with Gasteiger partial charge in [0, 0.05) is 51.7 Å². The van der Waals surface area contributed by atoms with E-state index in [0.717, 1.165) is 45.8 Å². The summed E-state index contributed by atoms with van der Waals surface area (Å²) in [6, 6.07) is 0. The molecular formula is C24H49FN4O6. The van der Waals surface area contributed by atoms with Crippen molar-refractivity contribution in [1.82, 2.24) is 20.4 Å². The van der Waals surface area contributed by atoms with Crippen molar-refractivity contribution >= 4 is 5.91 Å². The highest BCUT2D eigenvalue weighted by atomic mass is 19.1. The van der Waals surface area contributed by atoms with Gasteiger partial charge in [-0.05, 0) is 7.05 Å². The predicted molar refractivity (Wildman–Crippen MR) is 134 cm³/mol. The van der Waals surface area contributed by atoms with Crippen molar-refractivity contribution in [3.8, 4) is 0 Å². The van der Waals surface area contributed by atoms with Gasteiger partial charge in [0.05, 0.1) is 72.6 Å². The van der Waals surface area contributed by atoms with Crippen molar-refractivity contribution in [1.29, 1.82) is 0 Å². The van der Waals surface area contributed by atoms with E-state index in [4.69, 9.17) is 23.7 Å². The number of likely N-dealkylation sites (N-methyl/N-ethyl adjacent to an activating group) is 1. The van der Waals surface area contributed by atoms with Crippen molar-refractivity contribution in [2.45, 2.75) is 20.0 Å². The molecule has 1 amide bonds. The summed E-state index contributed by atoms with van der Waals surface area (Å²) in [5.74, 6) is -0.273. The molecule has 2 N–H and O–H groups in total. The summed E-state index contributed by atoms with van der Waals surface area (Å²) < 4.78 is 41.2. The largest absolute Gasteiger partial charge is 0.378 e. The van der Waals surface area contributed by atoms with Crippen LogP contribution in [-0.4, -0.2) is 147 Å². The second kappa shape index (κ2) is 22.3. The van der Waals surface area contributed by atoms with Gasteiger partial charge in [0.25, 0.3) is 0 Å². The number of carbonyl (C=O) groups excluding carboxylic acids is 1. The molecule has 0 radical (unpaired) electrons. The Bertz CT molecular complexity index is 499. The predicted octanol–water partition coefficient (Wildman–Crippen LogP) is 0.0167. The first-order valence-electron chi connectivity index (χ1n) is 12.9. The molecule has 0 aromatic rings. The van der Waals surface area contributed by atoms with E-state index in [1.54, 1.807) is 13.8 Å². The van der Waals surface area contributed by atoms with E-state index in [1.165, 1.54) is 0 Å². The van der Waals surface area contributed by atoms with Crippen molar-refractivity contribution in [2.75, 3.05) is 125 Å². The van der Waals surface area contributed by atoms with Crippen LogP contribution in [0.25, 0.3) is 0 Å². The SMILES string of the molecule is CNCCOCCOCCOCCOCCN1CCN(CCOCC(F)CNC(=O)C(C)C)CC1. The zero-order valence-electron chi connectivity index (χ0n) is 22.1. The molecule has 1 unspecified atom stereocenters. The normalized spacial score (nSPS) is 16.1. The second-order valence-electron chi connectivity index (χ2n) is 8.81. The molecule has 0 spiro atoms. The third kappa shape index (κ3) is 18.9. The van der Waals surface area contributed by atoms with Gasteiger partial charge in [-0.3, -0.25) is 14.6 Å². The molecule has 1 atom stereocenters. The molecule has 208 valence electrons. The van der Waals surface area contributed by atoms with Crippen LogP contribution in [0.2, 0.25) is 0 Å². The van der Waals surface area contributed by atoms with Gasteiger partial charge >= 0.3 is 0 Å². The molecule has 0 saturated carbocycles. The first-order valence-corrected chi connectivity index (χ1v) is 12.9. The van der Waals surface area contributed by atoms with Gasteiger partial charge < -0.3 is 34.3 Å². The third-order valence-corrected chi connectivity index (χ3v) is 5.50. The average Bonchev–Trinajstić information content (AvgIpc) is 2.86. The number of carbonyl (C=O) groups is 1. The zero-order chi connectivity index (χ0) is 25.6. The fraction of sp³-hybridized carbons (Fsp3) is 0.958. The van der Waals surface area contributed by atoms with E-state index in [0.29, 0.717) is 59.5 Å². The molecule has 10 nitrogen and oxygen atoms in total. The van der Waals surface area contributed by atoms with Crippen molar-refractivity contribution in [3.63, 3.8) is 0 Å². The van der Waals surface area contributed by atoms with Gasteiger partial charge in [0.15, 0.2) is 0 Å². The van der Waals surface area contributed by atoms with E-state index >= 15 is 0 Å². The molecule has 0 aliphatic carbocycles. The van der Waals surface area contributed by atoms with E-state index in [9.17, 15) is 9.18 Å². The Morgan fingerprint density at radius 1 is 0.771 bits per heavy atom. The van der Waals surface area contributed by atoms with E-state index in [1.807, 2.05) is 7.05 Å². The molecule has 11 heteroatoms. The molecule has 0 aromatic heterocycles. The fourth-order valence-electron chi connectivity index (χ4n) is 3.25. The third-order valence-electron chi connectivity index (χ3n) is 5.50. The first kappa shape index (κ1) is 32.1. The summed E-state index contributed by atoms with van der Waals surface area (Å²) in [5.41, 5.74) is 0. The maximum Gasteiger partial charge on any atom is 0.222 e. The maximum atomic E-state index is 13.8. The van der Waals surface area contributed by atoms with Crippen LogP contribution in [0.4, 0.5) is 4.39 Å². The highest BCUT2D eigenvalue weighted by Crippen LogP contribution is 2.02. The highest BCUT2D eigenvalue weighted by Gasteiger charge is 2.17. The molecule has 1 heterocycles. The number of rotatable bonds is 23. The lowest BCUT2D eigenvalue weighted by molar-refractivity contribution is -0.124. The first-order chi connectivity index (χ1) is 17.0. The number of ether oxygens (including phenoxy) is 5. The Morgan fingerprint density at radius 2 is 1.23 bits per heavy atom. The zero-order valence-corrected chi connectivity index (χ0v) is 22.1. The molecule has 1 saturated heterocycles. The second-order valence-corrected chi connectivity index (χ2v) is 8.81. The van der Waals surface area contributed by atoms with Crippen LogP contribution in [0, 0.1) is 5.92 Å². The van der Waals surface area contributed by atoms with Gasteiger partial charge in [-0.2, -0.15) is 0 Å². The average molecular weight is 509 g/mol. The van der Waals surface area contributed by atoms with Crippen LogP contribution in [0.15, 0.2) is 0 Å². The van der Waals surface area contributed by atoms with Crippen molar-refractivity contribution < 1.29 is 32.9 Å². The lowest BCUT2D eigenvalue weighted by Crippen LogP contribution is -2.48. The molecule has 1 rings (SSSR count). The van der Waals surface area contributed by atoms with E-state index in [-0.39, 0.29) is 25.0 Å². The number of piperazine rings is 1. The van der Waals surface area contributed by atoms with Gasteiger partial charge in [0.1, 0.15) is 6.17 Å². The Hall–Kier alpha value is -0.920. The number of alkyl halides is 1. The molecule has 1 aliphatic heterocycles. The van der Waals surface area contributed by atoms with Gasteiger partial charge in [0.2, 0.25) is 5.91 Å². The van der Waals surface area contributed by atoms with Crippen LogP contribution in [0.5, 0.6) is 0 Å². The van der Waals surface area contributed by atoms with Crippen LogP contribution < -0.4 is 10.6 Å². The molecular weight excluding hydrogens is 459 g/mol. The Labute approximate surface area is 211 Å². The maximum absolute atomic E-state index is 13.8. The van der Waals surface area contributed by atoms with Gasteiger partial charge in [-0.25, -0.2) is 4.39 Å². The van der Waals surface area contributed by atoms with Crippen LogP contribution in [0.1, 0.15) is 13.8 Å². The monoisotopic (exact) mass is 508 g/mol. The lowest BCUT2D eigenvalue weighted by Gasteiger charge is -2.34. The standard InChI is InChI=1S/C24H49FN4O6/c1-22(2)24(30)27-20-23(25)21-35-13-10-29-7-5-28(6-8-29)9-12-32-15-17-34-19-18-33-16-14-31-11-4-26-3/h22-23,26H,4-21H2,1-3H3,(H,27,30). The van der Waals surface area contributed by atoms with E-state index < -0.39 is 6.17 Å². The number of nitrogens with one attached hydrogen (secondary N) is 2. The van der Waals surface area contributed by atoms with Gasteiger partial charge in [-0.15, -0.1) is 0 Å². The summed E-state index contributed by atoms with van der Waals surface area (Å²) in [6.07, 6.45) is -1.17. The van der Waals surface area contributed by atoms with Crippen LogP contribution in [0.3, 0.4) is 0 Å². The number of amides is 1. The molecule has 1 aliphatic rings. The quantitative estimate of drug-likeness (QED) is 0.185. The summed E-state index contributed by atoms with van der Waals surface area (Å²) in [7, 11) is 1.90. The van der Waals surface area contributed by atoms with Crippen LogP contribution >= 0.6 is 0 Å². The summed E-state index contributed by atoms with van der Waals surface area (Å²) in [6.45, 7) is 15.4. The molecule has 0 bridgehead atoms. The van der Waals surface area contributed by atoms with Crippen LogP contribution in [-0.2, 0) is 28.5 Å². The number of hydrogen-bond acceptors (Lipinski definition) is 9. The van der Waals surface area contributed by atoms with E-state index in [2.05, 4.69) is 20.4 Å². The summed E-state index contributed by atoms with van der Waals surface area (Å²) >= 11 is 0. The topological polar surface area (TPSA) is 93.8 Å². The Kier molecular flexibility index (Phi) is 20.4. The molecule has 35 heavy (non-hydrogen) atoms. The number of halogens is 1. The minimum Gasteiger partial charge on any atom is -0.378 e.